The van der Waals surface area contributed by atoms with E-state index in [2.05, 4.69) is 5.32 Å². The van der Waals surface area contributed by atoms with Crippen molar-refractivity contribution in [2.75, 3.05) is 31.6 Å². The lowest BCUT2D eigenvalue weighted by Gasteiger charge is -2.36. The van der Waals surface area contributed by atoms with Gasteiger partial charge < -0.3 is 20.1 Å². The number of benzene rings is 1. The lowest BCUT2D eigenvalue weighted by Crippen LogP contribution is -2.50. The zero-order valence-electron chi connectivity index (χ0n) is 12.0. The van der Waals surface area contributed by atoms with Gasteiger partial charge in [0.25, 0.3) is 5.91 Å². The van der Waals surface area contributed by atoms with Gasteiger partial charge in [0.2, 0.25) is 0 Å². The van der Waals surface area contributed by atoms with Crippen LogP contribution >= 0.6 is 0 Å². The second-order valence-corrected chi connectivity index (χ2v) is 5.04. The summed E-state index contributed by atoms with van der Waals surface area (Å²) in [6, 6.07) is 7.51. The Labute approximate surface area is 119 Å². The molecule has 110 valence electrons. The Hall–Kier alpha value is -1.59. The fraction of sp³-hybridized carbons (Fsp3) is 0.533. The summed E-state index contributed by atoms with van der Waals surface area (Å²) in [7, 11) is 0. The molecule has 1 heterocycles. The first kappa shape index (κ1) is 14.8. The molecule has 5 nitrogen and oxygen atoms in total. The summed E-state index contributed by atoms with van der Waals surface area (Å²) in [5.41, 5.74) is 1.51. The number of hydrogen-bond acceptors (Lipinski definition) is 4. The number of aliphatic hydroxyl groups is 1. The van der Waals surface area contributed by atoms with Gasteiger partial charge in [0.15, 0.2) is 0 Å². The minimum atomic E-state index is -0.297. The van der Waals surface area contributed by atoms with Crippen LogP contribution in [0.1, 0.15) is 24.2 Å². The molecule has 0 bridgehead atoms. The maximum absolute atomic E-state index is 12.7. The first-order valence-corrected chi connectivity index (χ1v) is 7.04. The van der Waals surface area contributed by atoms with Crippen molar-refractivity contribution < 1.29 is 14.6 Å². The second-order valence-electron chi connectivity index (χ2n) is 5.04. The molecule has 2 rings (SSSR count). The molecule has 0 aliphatic carbocycles. The molecule has 0 spiro atoms. The third kappa shape index (κ3) is 3.29. The third-order valence-corrected chi connectivity index (χ3v) is 3.34. The molecule has 0 aromatic heterocycles. The summed E-state index contributed by atoms with van der Waals surface area (Å²) < 4.78 is 5.57. The Balaban J connectivity index is 2.18. The monoisotopic (exact) mass is 278 g/mol. The number of rotatable bonds is 4. The van der Waals surface area contributed by atoms with E-state index in [-0.39, 0.29) is 24.7 Å². The number of anilines is 1. The van der Waals surface area contributed by atoms with E-state index in [1.807, 2.05) is 38.1 Å². The van der Waals surface area contributed by atoms with Crippen molar-refractivity contribution >= 4 is 11.6 Å². The van der Waals surface area contributed by atoms with Gasteiger partial charge >= 0.3 is 0 Å². The van der Waals surface area contributed by atoms with E-state index in [4.69, 9.17) is 4.74 Å². The molecule has 20 heavy (non-hydrogen) atoms. The maximum atomic E-state index is 12.7. The predicted octanol–water partition coefficient (Wildman–Crippen LogP) is 1.34. The Morgan fingerprint density at radius 1 is 1.45 bits per heavy atom. The molecule has 2 N–H and O–H groups in total. The van der Waals surface area contributed by atoms with Crippen LogP contribution < -0.4 is 5.32 Å². The quantitative estimate of drug-likeness (QED) is 0.872. The maximum Gasteiger partial charge on any atom is 0.256 e. The number of morpholine rings is 1. The first-order valence-electron chi connectivity index (χ1n) is 7.04. The van der Waals surface area contributed by atoms with Gasteiger partial charge in [0.05, 0.1) is 24.4 Å². The number of ether oxygens (including phenoxy) is 1. The van der Waals surface area contributed by atoms with Gasteiger partial charge in [-0.3, -0.25) is 4.79 Å². The average molecular weight is 278 g/mol. The fourth-order valence-corrected chi connectivity index (χ4v) is 2.50. The van der Waals surface area contributed by atoms with Crippen LogP contribution in [-0.4, -0.2) is 54.4 Å². The molecule has 0 radical (unpaired) electrons. The summed E-state index contributed by atoms with van der Waals surface area (Å²) in [4.78, 5) is 14.4. The van der Waals surface area contributed by atoms with Crippen LogP contribution in [0.25, 0.3) is 0 Å². The molecular formula is C15H22N2O3. The summed E-state index contributed by atoms with van der Waals surface area (Å²) in [5, 5.41) is 12.4. The van der Waals surface area contributed by atoms with Crippen LogP contribution in [0.4, 0.5) is 5.69 Å². The highest BCUT2D eigenvalue weighted by atomic mass is 16.5. The number of aliphatic hydroxyl groups excluding tert-OH is 1. The van der Waals surface area contributed by atoms with Crippen molar-refractivity contribution in [2.24, 2.45) is 0 Å². The zero-order valence-corrected chi connectivity index (χ0v) is 12.0. The normalized spacial score (nSPS) is 22.6. The van der Waals surface area contributed by atoms with Gasteiger partial charge in [0, 0.05) is 25.3 Å². The van der Waals surface area contributed by atoms with Crippen molar-refractivity contribution in [2.45, 2.75) is 26.1 Å². The van der Waals surface area contributed by atoms with Gasteiger partial charge in [-0.05, 0) is 26.0 Å². The standard InChI is InChI=1S/C15H22N2O3/c1-3-16-14-7-5-4-6-13(14)15(19)17-8-11(2)20-12(9-17)10-18/h4-7,11-12,16,18H,3,8-10H2,1-2H3. The number of hydrogen-bond donors (Lipinski definition) is 2. The Kier molecular flexibility index (Phi) is 4.98. The molecule has 1 saturated heterocycles. The van der Waals surface area contributed by atoms with Crippen molar-refractivity contribution in [3.63, 3.8) is 0 Å². The molecule has 2 unspecified atom stereocenters. The van der Waals surface area contributed by atoms with E-state index in [0.29, 0.717) is 18.7 Å². The van der Waals surface area contributed by atoms with Gasteiger partial charge in [-0.25, -0.2) is 0 Å². The number of amides is 1. The Bertz CT molecular complexity index is 464. The summed E-state index contributed by atoms with van der Waals surface area (Å²) in [5.74, 6) is -0.0184. The smallest absolute Gasteiger partial charge is 0.256 e. The zero-order chi connectivity index (χ0) is 14.5. The molecule has 1 aromatic carbocycles. The van der Waals surface area contributed by atoms with Gasteiger partial charge in [-0.2, -0.15) is 0 Å². The third-order valence-electron chi connectivity index (χ3n) is 3.34. The lowest BCUT2D eigenvalue weighted by atomic mass is 10.1. The molecule has 0 saturated carbocycles. The molecule has 5 heteroatoms. The average Bonchev–Trinajstić information content (AvgIpc) is 2.46. The molecule has 1 aromatic rings. The van der Waals surface area contributed by atoms with Crippen molar-refractivity contribution in [1.29, 1.82) is 0 Å². The SMILES string of the molecule is CCNc1ccccc1C(=O)N1CC(C)OC(CO)C1. The number of nitrogens with zero attached hydrogens (tertiary/aromatic N) is 1. The summed E-state index contributed by atoms with van der Waals surface area (Å²) in [6.45, 7) is 5.60. The number of carbonyl (C=O) groups excluding carboxylic acids is 1. The van der Waals surface area contributed by atoms with Crippen molar-refractivity contribution in [3.05, 3.63) is 29.8 Å². The van der Waals surface area contributed by atoms with E-state index in [9.17, 15) is 9.90 Å². The fourth-order valence-electron chi connectivity index (χ4n) is 2.50. The molecule has 1 aliphatic rings. The van der Waals surface area contributed by atoms with Crippen LogP contribution in [0.3, 0.4) is 0 Å². The van der Waals surface area contributed by atoms with E-state index in [1.165, 1.54) is 0 Å². The van der Waals surface area contributed by atoms with Crippen molar-refractivity contribution in [3.8, 4) is 0 Å². The molecule has 1 amide bonds. The van der Waals surface area contributed by atoms with Crippen LogP contribution in [0, 0.1) is 0 Å². The van der Waals surface area contributed by atoms with E-state index in [0.717, 1.165) is 12.2 Å². The van der Waals surface area contributed by atoms with Crippen LogP contribution in [-0.2, 0) is 4.74 Å². The van der Waals surface area contributed by atoms with E-state index < -0.39 is 0 Å². The first-order chi connectivity index (χ1) is 9.65. The minimum Gasteiger partial charge on any atom is -0.394 e. The van der Waals surface area contributed by atoms with E-state index in [1.54, 1.807) is 4.90 Å². The Morgan fingerprint density at radius 3 is 2.90 bits per heavy atom. The topological polar surface area (TPSA) is 61.8 Å². The van der Waals surface area contributed by atoms with Crippen molar-refractivity contribution in [1.82, 2.24) is 4.90 Å². The number of nitrogens with one attached hydrogen (secondary N) is 1. The highest BCUT2D eigenvalue weighted by molar-refractivity contribution is 5.99. The van der Waals surface area contributed by atoms with Gasteiger partial charge in [0.1, 0.15) is 0 Å². The number of carbonyl (C=O) groups is 1. The van der Waals surface area contributed by atoms with Gasteiger partial charge in [-0.15, -0.1) is 0 Å². The molecule has 2 atom stereocenters. The molecule has 1 fully saturated rings. The summed E-state index contributed by atoms with van der Waals surface area (Å²) >= 11 is 0. The van der Waals surface area contributed by atoms with Gasteiger partial charge in [-0.1, -0.05) is 12.1 Å². The number of para-hydroxylation sites is 1. The predicted molar refractivity (Wildman–Crippen MR) is 77.9 cm³/mol. The summed E-state index contributed by atoms with van der Waals surface area (Å²) in [6.07, 6.45) is -0.356. The molecule has 1 aliphatic heterocycles. The highest BCUT2D eigenvalue weighted by Crippen LogP contribution is 2.20. The van der Waals surface area contributed by atoms with E-state index >= 15 is 0 Å². The van der Waals surface area contributed by atoms with Crippen LogP contribution in [0.2, 0.25) is 0 Å². The minimum absolute atomic E-state index is 0.0184. The largest absolute Gasteiger partial charge is 0.394 e. The second kappa shape index (κ2) is 6.72. The lowest BCUT2D eigenvalue weighted by molar-refractivity contribution is -0.0858. The molecular weight excluding hydrogens is 256 g/mol. The Morgan fingerprint density at radius 2 is 2.20 bits per heavy atom. The van der Waals surface area contributed by atoms with Crippen LogP contribution in [0.5, 0.6) is 0 Å². The van der Waals surface area contributed by atoms with Crippen LogP contribution in [0.15, 0.2) is 24.3 Å². The highest BCUT2D eigenvalue weighted by Gasteiger charge is 2.29.